The van der Waals surface area contributed by atoms with Gasteiger partial charge in [-0.2, -0.15) is 5.26 Å². The zero-order valence-electron chi connectivity index (χ0n) is 10.7. The van der Waals surface area contributed by atoms with Crippen molar-refractivity contribution >= 4 is 0 Å². The van der Waals surface area contributed by atoms with Gasteiger partial charge in [0.05, 0.1) is 11.6 Å². The molecule has 2 rings (SSSR count). The second-order valence-electron chi connectivity index (χ2n) is 5.37. The van der Waals surface area contributed by atoms with E-state index in [2.05, 4.69) is 31.3 Å². The highest BCUT2D eigenvalue weighted by Gasteiger charge is 2.27. The summed E-state index contributed by atoms with van der Waals surface area (Å²) in [6, 6.07) is 8.12. The van der Waals surface area contributed by atoms with Gasteiger partial charge in [-0.3, -0.25) is 0 Å². The summed E-state index contributed by atoms with van der Waals surface area (Å²) < 4.78 is 0. The largest absolute Gasteiger partial charge is 0.307 e. The van der Waals surface area contributed by atoms with Gasteiger partial charge in [0.15, 0.2) is 0 Å². The molecule has 1 aromatic carbocycles. The van der Waals surface area contributed by atoms with Crippen LogP contribution in [0.3, 0.4) is 0 Å². The Balaban J connectivity index is 2.02. The molecule has 0 heterocycles. The molecule has 0 spiro atoms. The third-order valence-corrected chi connectivity index (χ3v) is 3.88. The Morgan fingerprint density at radius 1 is 1.35 bits per heavy atom. The molecule has 0 unspecified atom stereocenters. The molecule has 1 N–H and O–H groups in total. The van der Waals surface area contributed by atoms with Crippen molar-refractivity contribution in [1.29, 1.82) is 5.26 Å². The molecule has 0 atom stereocenters. The summed E-state index contributed by atoms with van der Waals surface area (Å²) in [6.07, 6.45) is 5.25. The second-order valence-corrected chi connectivity index (χ2v) is 5.37. The molecule has 1 fully saturated rings. The fraction of sp³-hybridized carbons (Fsp3) is 0.533. The van der Waals surface area contributed by atoms with Crippen molar-refractivity contribution in [2.45, 2.75) is 51.6 Å². The number of rotatable bonds is 3. The van der Waals surface area contributed by atoms with Gasteiger partial charge in [-0.1, -0.05) is 18.9 Å². The second kappa shape index (κ2) is 4.89. The van der Waals surface area contributed by atoms with E-state index < -0.39 is 0 Å². The molecule has 0 saturated heterocycles. The van der Waals surface area contributed by atoms with E-state index in [1.54, 1.807) is 0 Å². The predicted octanol–water partition coefficient (Wildman–Crippen LogP) is 3.29. The molecular formula is C15H20N2. The topological polar surface area (TPSA) is 35.8 Å². The summed E-state index contributed by atoms with van der Waals surface area (Å²) in [5, 5.41) is 12.5. The van der Waals surface area contributed by atoms with E-state index in [0.29, 0.717) is 5.54 Å². The molecule has 0 aromatic heterocycles. The van der Waals surface area contributed by atoms with Crippen molar-refractivity contribution in [2.75, 3.05) is 0 Å². The Labute approximate surface area is 104 Å². The maximum atomic E-state index is 8.83. The van der Waals surface area contributed by atoms with Crippen LogP contribution in [0.2, 0.25) is 0 Å². The van der Waals surface area contributed by atoms with Gasteiger partial charge in [-0.15, -0.1) is 0 Å². The number of aryl methyl sites for hydroxylation is 1. The van der Waals surface area contributed by atoms with Gasteiger partial charge in [0.25, 0.3) is 0 Å². The molecule has 0 aliphatic heterocycles. The minimum atomic E-state index is 0.320. The van der Waals surface area contributed by atoms with E-state index in [4.69, 9.17) is 5.26 Å². The number of nitriles is 1. The first kappa shape index (κ1) is 12.1. The standard InChI is InChI=1S/C15H20N2/c1-12-9-13(10-16)5-6-14(12)11-17-15(2)7-3-4-8-15/h5-6,9,17H,3-4,7-8,11H2,1-2H3. The lowest BCUT2D eigenvalue weighted by Gasteiger charge is -2.25. The molecule has 1 aliphatic rings. The van der Waals surface area contributed by atoms with Crippen LogP contribution in [0, 0.1) is 18.3 Å². The highest BCUT2D eigenvalue weighted by Crippen LogP contribution is 2.29. The Morgan fingerprint density at radius 3 is 2.65 bits per heavy atom. The van der Waals surface area contributed by atoms with Crippen LogP contribution >= 0.6 is 0 Å². The van der Waals surface area contributed by atoms with E-state index >= 15 is 0 Å². The van der Waals surface area contributed by atoms with Crippen LogP contribution in [0.1, 0.15) is 49.3 Å². The number of nitrogens with zero attached hydrogens (tertiary/aromatic N) is 1. The molecule has 2 nitrogen and oxygen atoms in total. The Hall–Kier alpha value is -1.33. The fourth-order valence-corrected chi connectivity index (χ4v) is 2.60. The van der Waals surface area contributed by atoms with Crippen molar-refractivity contribution in [1.82, 2.24) is 5.32 Å². The van der Waals surface area contributed by atoms with E-state index in [1.807, 2.05) is 12.1 Å². The van der Waals surface area contributed by atoms with Gasteiger partial charge in [0.2, 0.25) is 0 Å². The monoisotopic (exact) mass is 228 g/mol. The van der Waals surface area contributed by atoms with Crippen LogP contribution in [0.25, 0.3) is 0 Å². The van der Waals surface area contributed by atoms with Crippen molar-refractivity contribution in [3.8, 4) is 6.07 Å². The SMILES string of the molecule is Cc1cc(C#N)ccc1CNC1(C)CCCC1. The third kappa shape index (κ3) is 2.87. The van der Waals surface area contributed by atoms with Crippen LogP contribution in [0.4, 0.5) is 0 Å². The highest BCUT2D eigenvalue weighted by atomic mass is 15.0. The molecule has 0 radical (unpaired) electrons. The third-order valence-electron chi connectivity index (χ3n) is 3.88. The lowest BCUT2D eigenvalue weighted by Crippen LogP contribution is -2.38. The number of benzene rings is 1. The van der Waals surface area contributed by atoms with E-state index in [1.165, 1.54) is 36.8 Å². The summed E-state index contributed by atoms with van der Waals surface area (Å²) in [4.78, 5) is 0. The van der Waals surface area contributed by atoms with E-state index in [0.717, 1.165) is 12.1 Å². The van der Waals surface area contributed by atoms with Gasteiger partial charge in [-0.25, -0.2) is 0 Å². The molecular weight excluding hydrogens is 208 g/mol. The van der Waals surface area contributed by atoms with Gasteiger partial charge < -0.3 is 5.32 Å². The van der Waals surface area contributed by atoms with Gasteiger partial charge in [0, 0.05) is 12.1 Å². The molecule has 1 aromatic rings. The zero-order valence-corrected chi connectivity index (χ0v) is 10.7. The zero-order chi connectivity index (χ0) is 12.3. The average Bonchev–Trinajstić information content (AvgIpc) is 2.75. The quantitative estimate of drug-likeness (QED) is 0.861. The minimum Gasteiger partial charge on any atom is -0.307 e. The molecule has 90 valence electrons. The smallest absolute Gasteiger partial charge is 0.0991 e. The van der Waals surface area contributed by atoms with Crippen molar-refractivity contribution < 1.29 is 0 Å². The summed E-state index contributed by atoms with van der Waals surface area (Å²) in [6.45, 7) is 5.31. The van der Waals surface area contributed by atoms with Crippen molar-refractivity contribution in [3.63, 3.8) is 0 Å². The lowest BCUT2D eigenvalue weighted by molar-refractivity contribution is 0.362. The fourth-order valence-electron chi connectivity index (χ4n) is 2.60. The van der Waals surface area contributed by atoms with E-state index in [9.17, 15) is 0 Å². The Kier molecular flexibility index (Phi) is 3.49. The Morgan fingerprint density at radius 2 is 2.06 bits per heavy atom. The number of hydrogen-bond acceptors (Lipinski definition) is 2. The first-order valence-corrected chi connectivity index (χ1v) is 6.38. The average molecular weight is 228 g/mol. The maximum Gasteiger partial charge on any atom is 0.0991 e. The van der Waals surface area contributed by atoms with Crippen LogP contribution in [0.15, 0.2) is 18.2 Å². The number of nitrogens with one attached hydrogen (secondary N) is 1. The highest BCUT2D eigenvalue weighted by molar-refractivity contribution is 5.37. The summed E-state index contributed by atoms with van der Waals surface area (Å²) >= 11 is 0. The van der Waals surface area contributed by atoms with Crippen molar-refractivity contribution in [2.24, 2.45) is 0 Å². The van der Waals surface area contributed by atoms with Crippen LogP contribution in [-0.2, 0) is 6.54 Å². The molecule has 2 heteroatoms. The molecule has 1 aliphatic carbocycles. The predicted molar refractivity (Wildman–Crippen MR) is 69.6 cm³/mol. The normalized spacial score (nSPS) is 17.9. The Bertz CT molecular complexity index is 437. The maximum absolute atomic E-state index is 8.83. The summed E-state index contributed by atoms with van der Waals surface area (Å²) in [5.41, 5.74) is 3.58. The first-order chi connectivity index (χ1) is 8.13. The molecule has 1 saturated carbocycles. The lowest BCUT2D eigenvalue weighted by atomic mass is 9.99. The molecule has 0 bridgehead atoms. The number of hydrogen-bond donors (Lipinski definition) is 1. The first-order valence-electron chi connectivity index (χ1n) is 6.38. The molecule has 0 amide bonds. The summed E-state index contributed by atoms with van der Waals surface area (Å²) in [7, 11) is 0. The molecule has 17 heavy (non-hydrogen) atoms. The minimum absolute atomic E-state index is 0.320. The van der Waals surface area contributed by atoms with Crippen molar-refractivity contribution in [3.05, 3.63) is 34.9 Å². The van der Waals surface area contributed by atoms with E-state index in [-0.39, 0.29) is 0 Å². The summed E-state index contributed by atoms with van der Waals surface area (Å²) in [5.74, 6) is 0. The van der Waals surface area contributed by atoms with Crippen LogP contribution in [-0.4, -0.2) is 5.54 Å². The van der Waals surface area contributed by atoms with Crippen LogP contribution < -0.4 is 5.32 Å². The van der Waals surface area contributed by atoms with Gasteiger partial charge in [-0.05, 0) is 49.9 Å². The van der Waals surface area contributed by atoms with Gasteiger partial charge in [0.1, 0.15) is 0 Å². The van der Waals surface area contributed by atoms with Crippen LogP contribution in [0.5, 0.6) is 0 Å². The van der Waals surface area contributed by atoms with Gasteiger partial charge >= 0.3 is 0 Å².